The first-order valence-electron chi connectivity index (χ1n) is 6.17. The van der Waals surface area contributed by atoms with E-state index >= 15 is 0 Å². The van der Waals surface area contributed by atoms with E-state index < -0.39 is 5.97 Å². The lowest BCUT2D eigenvalue weighted by Gasteiger charge is -2.03. The van der Waals surface area contributed by atoms with Crippen LogP contribution in [0.1, 0.15) is 18.1 Å². The number of thioether (sulfide) groups is 1. The molecule has 0 saturated carbocycles. The van der Waals surface area contributed by atoms with Gasteiger partial charge in [-0.05, 0) is 17.5 Å². The maximum absolute atomic E-state index is 10.5. The molecule has 0 aliphatic heterocycles. The van der Waals surface area contributed by atoms with Crippen molar-refractivity contribution in [3.8, 4) is 0 Å². The Morgan fingerprint density at radius 3 is 2.65 bits per heavy atom. The highest BCUT2D eigenvalue weighted by atomic mass is 32.2. The smallest absolute Gasteiger partial charge is 0.313 e. The molecule has 0 radical (unpaired) electrons. The van der Waals surface area contributed by atoms with E-state index in [1.54, 1.807) is 0 Å². The standard InChI is InChI=1S/C13H15N3O2S2/c1-2-9-3-5-10(6-4-9)7-14-12-15-16-13(20-12)19-8-11(17)18/h3-6H,2,7-8H2,1H3,(H,14,15)(H,17,18). The molecule has 0 amide bonds. The van der Waals surface area contributed by atoms with Gasteiger partial charge in [-0.25, -0.2) is 0 Å². The summed E-state index contributed by atoms with van der Waals surface area (Å²) in [5, 5.41) is 20.4. The van der Waals surface area contributed by atoms with Crippen LogP contribution in [0.2, 0.25) is 0 Å². The van der Waals surface area contributed by atoms with Crippen LogP contribution >= 0.6 is 23.1 Å². The third kappa shape index (κ3) is 4.50. The zero-order valence-electron chi connectivity index (χ0n) is 11.0. The number of nitrogens with zero attached hydrogens (tertiary/aromatic N) is 2. The van der Waals surface area contributed by atoms with Gasteiger partial charge in [-0.1, -0.05) is 54.3 Å². The van der Waals surface area contributed by atoms with Gasteiger partial charge >= 0.3 is 5.97 Å². The summed E-state index contributed by atoms with van der Waals surface area (Å²) in [4.78, 5) is 10.5. The summed E-state index contributed by atoms with van der Waals surface area (Å²) in [6.45, 7) is 2.81. The molecule has 0 unspecified atom stereocenters. The third-order valence-corrected chi connectivity index (χ3v) is 4.60. The van der Waals surface area contributed by atoms with Crippen molar-refractivity contribution in [2.24, 2.45) is 0 Å². The van der Waals surface area contributed by atoms with E-state index in [1.165, 1.54) is 34.2 Å². The van der Waals surface area contributed by atoms with Gasteiger partial charge in [0, 0.05) is 6.54 Å². The number of carboxylic acids is 1. The topological polar surface area (TPSA) is 75.1 Å². The summed E-state index contributed by atoms with van der Waals surface area (Å²) in [6, 6.07) is 8.41. The van der Waals surface area contributed by atoms with Crippen molar-refractivity contribution in [3.05, 3.63) is 35.4 Å². The maximum atomic E-state index is 10.5. The fraction of sp³-hybridized carbons (Fsp3) is 0.308. The van der Waals surface area contributed by atoms with E-state index in [-0.39, 0.29) is 5.75 Å². The maximum Gasteiger partial charge on any atom is 0.313 e. The average Bonchev–Trinajstić information content (AvgIpc) is 2.91. The summed E-state index contributed by atoms with van der Waals surface area (Å²) in [5.74, 6) is -0.844. The van der Waals surface area contributed by atoms with Crippen molar-refractivity contribution in [1.82, 2.24) is 10.2 Å². The van der Waals surface area contributed by atoms with Crippen molar-refractivity contribution in [3.63, 3.8) is 0 Å². The molecular formula is C13H15N3O2S2. The Morgan fingerprint density at radius 1 is 1.30 bits per heavy atom. The fourth-order valence-electron chi connectivity index (χ4n) is 1.53. The number of carboxylic acid groups (broad SMARTS) is 1. The monoisotopic (exact) mass is 309 g/mol. The highest BCUT2D eigenvalue weighted by Gasteiger charge is 2.06. The van der Waals surface area contributed by atoms with Crippen LogP contribution in [0.25, 0.3) is 0 Å². The normalized spacial score (nSPS) is 10.4. The third-order valence-electron chi connectivity index (χ3n) is 2.60. The number of rotatable bonds is 7. The molecular weight excluding hydrogens is 294 g/mol. The number of anilines is 1. The molecule has 1 aromatic carbocycles. The van der Waals surface area contributed by atoms with Crippen LogP contribution in [-0.4, -0.2) is 27.0 Å². The van der Waals surface area contributed by atoms with E-state index in [9.17, 15) is 4.79 Å². The number of carbonyl (C=O) groups is 1. The number of hydrogen-bond acceptors (Lipinski definition) is 6. The molecule has 1 heterocycles. The van der Waals surface area contributed by atoms with Gasteiger partial charge in [0.2, 0.25) is 5.13 Å². The van der Waals surface area contributed by atoms with Crippen molar-refractivity contribution in [2.45, 2.75) is 24.2 Å². The number of benzene rings is 1. The number of aryl methyl sites for hydroxylation is 1. The van der Waals surface area contributed by atoms with Gasteiger partial charge in [-0.15, -0.1) is 10.2 Å². The van der Waals surface area contributed by atoms with E-state index in [0.717, 1.165) is 6.42 Å². The number of aromatic nitrogens is 2. The van der Waals surface area contributed by atoms with Gasteiger partial charge in [0.25, 0.3) is 0 Å². The Kier molecular flexibility index (Phi) is 5.37. The Balaban J connectivity index is 1.85. The predicted octanol–water partition coefficient (Wildman–Crippen LogP) is 2.89. The highest BCUT2D eigenvalue weighted by Crippen LogP contribution is 2.25. The summed E-state index contributed by atoms with van der Waals surface area (Å²) in [6.07, 6.45) is 1.04. The number of hydrogen-bond donors (Lipinski definition) is 2. The van der Waals surface area contributed by atoms with Crippen LogP contribution in [0.5, 0.6) is 0 Å². The first-order valence-corrected chi connectivity index (χ1v) is 7.97. The first-order chi connectivity index (χ1) is 9.67. The quantitative estimate of drug-likeness (QED) is 0.766. The van der Waals surface area contributed by atoms with Gasteiger partial charge in [-0.2, -0.15) is 0 Å². The molecule has 20 heavy (non-hydrogen) atoms. The Morgan fingerprint density at radius 2 is 2.00 bits per heavy atom. The molecule has 0 aliphatic carbocycles. The van der Waals surface area contributed by atoms with Crippen molar-refractivity contribution < 1.29 is 9.90 Å². The van der Waals surface area contributed by atoms with Crippen molar-refractivity contribution in [1.29, 1.82) is 0 Å². The molecule has 0 fully saturated rings. The van der Waals surface area contributed by atoms with Gasteiger partial charge in [0.15, 0.2) is 4.34 Å². The van der Waals surface area contributed by atoms with E-state index in [4.69, 9.17) is 5.11 Å². The number of nitrogens with one attached hydrogen (secondary N) is 1. The molecule has 0 bridgehead atoms. The number of aliphatic carboxylic acids is 1. The lowest BCUT2D eigenvalue weighted by atomic mass is 10.1. The molecule has 5 nitrogen and oxygen atoms in total. The molecule has 0 aliphatic rings. The van der Waals surface area contributed by atoms with Gasteiger partial charge in [0.05, 0.1) is 5.75 Å². The average molecular weight is 309 g/mol. The van der Waals surface area contributed by atoms with E-state index in [1.807, 2.05) is 0 Å². The Hall–Kier alpha value is -1.60. The minimum atomic E-state index is -0.851. The van der Waals surface area contributed by atoms with Crippen LogP contribution in [-0.2, 0) is 17.8 Å². The highest BCUT2D eigenvalue weighted by molar-refractivity contribution is 8.01. The van der Waals surface area contributed by atoms with Crippen LogP contribution < -0.4 is 5.32 Å². The zero-order valence-corrected chi connectivity index (χ0v) is 12.6. The van der Waals surface area contributed by atoms with Crippen LogP contribution in [0.4, 0.5) is 5.13 Å². The zero-order chi connectivity index (χ0) is 14.4. The minimum Gasteiger partial charge on any atom is -0.481 e. The Labute approximate surface area is 125 Å². The largest absolute Gasteiger partial charge is 0.481 e. The second-order valence-corrected chi connectivity index (χ2v) is 6.28. The lowest BCUT2D eigenvalue weighted by Crippen LogP contribution is -1.98. The van der Waals surface area contributed by atoms with Crippen molar-refractivity contribution >= 4 is 34.2 Å². The van der Waals surface area contributed by atoms with E-state index in [2.05, 4.69) is 46.7 Å². The summed E-state index contributed by atoms with van der Waals surface area (Å²) in [7, 11) is 0. The second-order valence-electron chi connectivity index (χ2n) is 4.08. The summed E-state index contributed by atoms with van der Waals surface area (Å²) in [5.41, 5.74) is 2.49. The molecule has 1 aromatic heterocycles. The SMILES string of the molecule is CCc1ccc(CNc2nnc(SCC(=O)O)s2)cc1. The summed E-state index contributed by atoms with van der Waals surface area (Å²) >= 11 is 2.55. The molecule has 0 saturated heterocycles. The van der Waals surface area contributed by atoms with E-state index in [0.29, 0.717) is 16.0 Å². The van der Waals surface area contributed by atoms with Crippen molar-refractivity contribution in [2.75, 3.05) is 11.1 Å². The first kappa shape index (κ1) is 14.8. The lowest BCUT2D eigenvalue weighted by molar-refractivity contribution is -0.133. The van der Waals surface area contributed by atoms with Crippen LogP contribution in [0.15, 0.2) is 28.6 Å². The van der Waals surface area contributed by atoms with Crippen LogP contribution in [0, 0.1) is 0 Å². The predicted molar refractivity (Wildman–Crippen MR) is 81.4 cm³/mol. The molecule has 2 N–H and O–H groups in total. The molecule has 7 heteroatoms. The molecule has 0 spiro atoms. The van der Waals surface area contributed by atoms with Gasteiger partial charge in [0.1, 0.15) is 0 Å². The Bertz CT molecular complexity index is 569. The molecule has 106 valence electrons. The summed E-state index contributed by atoms with van der Waals surface area (Å²) < 4.78 is 0.663. The molecule has 0 atom stereocenters. The van der Waals surface area contributed by atoms with Crippen LogP contribution in [0.3, 0.4) is 0 Å². The second kappa shape index (κ2) is 7.25. The van der Waals surface area contributed by atoms with Gasteiger partial charge < -0.3 is 10.4 Å². The fourth-order valence-corrected chi connectivity index (χ4v) is 3.00. The minimum absolute atomic E-state index is 0.00706. The molecule has 2 aromatic rings. The van der Waals surface area contributed by atoms with Gasteiger partial charge in [-0.3, -0.25) is 4.79 Å². The molecule has 2 rings (SSSR count).